The molecule has 0 bridgehead atoms. The lowest BCUT2D eigenvalue weighted by atomic mass is 9.95. The third-order valence-electron chi connectivity index (χ3n) is 4.34. The van der Waals surface area contributed by atoms with Crippen molar-refractivity contribution in [1.29, 1.82) is 0 Å². The number of rotatable bonds is 6. The highest BCUT2D eigenvalue weighted by Gasteiger charge is 2.17. The second-order valence-corrected chi connectivity index (χ2v) is 5.51. The molecule has 0 spiro atoms. The summed E-state index contributed by atoms with van der Waals surface area (Å²) < 4.78 is 2.36. The van der Waals surface area contributed by atoms with Crippen LogP contribution in [-0.2, 0) is 0 Å². The van der Waals surface area contributed by atoms with E-state index in [4.69, 9.17) is 0 Å². The Morgan fingerprint density at radius 3 is 2.67 bits per heavy atom. The summed E-state index contributed by atoms with van der Waals surface area (Å²) in [6.07, 6.45) is 13.3. The van der Waals surface area contributed by atoms with Gasteiger partial charge in [-0.05, 0) is 18.8 Å². The van der Waals surface area contributed by atoms with Gasteiger partial charge in [0.1, 0.15) is 0 Å². The van der Waals surface area contributed by atoms with E-state index < -0.39 is 0 Å². The number of anilines is 1. The number of hydrogen-bond donors (Lipinski definition) is 1. The van der Waals surface area contributed by atoms with Gasteiger partial charge in [0.25, 0.3) is 0 Å². The molecule has 1 heterocycles. The Morgan fingerprint density at radius 1 is 1.28 bits per heavy atom. The minimum absolute atomic E-state index is 0.672. The van der Waals surface area contributed by atoms with Crippen LogP contribution in [0.25, 0.3) is 0 Å². The lowest BCUT2D eigenvalue weighted by Gasteiger charge is -2.25. The van der Waals surface area contributed by atoms with E-state index in [1.807, 2.05) is 6.20 Å². The molecule has 0 aliphatic heterocycles. The van der Waals surface area contributed by atoms with Crippen LogP contribution in [0.4, 0.5) is 5.95 Å². The smallest absolute Gasteiger partial charge is 0.203 e. The molecule has 1 saturated carbocycles. The summed E-state index contributed by atoms with van der Waals surface area (Å²) in [6, 6.07) is 0.672. The van der Waals surface area contributed by atoms with Gasteiger partial charge < -0.3 is 9.88 Å². The summed E-state index contributed by atoms with van der Waals surface area (Å²) in [5.74, 6) is 1.84. The third kappa shape index (κ3) is 3.27. The summed E-state index contributed by atoms with van der Waals surface area (Å²) in [5.41, 5.74) is 0. The van der Waals surface area contributed by atoms with Crippen LogP contribution in [0.2, 0.25) is 0 Å². The van der Waals surface area contributed by atoms with Gasteiger partial charge in [-0.1, -0.05) is 46.0 Å². The maximum absolute atomic E-state index is 4.48. The number of hydrogen-bond acceptors (Lipinski definition) is 2. The minimum atomic E-state index is 0.672. The fourth-order valence-electron chi connectivity index (χ4n) is 2.92. The molecule has 2 rings (SSSR count). The molecular weight excluding hydrogens is 222 g/mol. The third-order valence-corrected chi connectivity index (χ3v) is 4.34. The van der Waals surface area contributed by atoms with Crippen LogP contribution >= 0.6 is 0 Å². The first-order chi connectivity index (χ1) is 8.85. The summed E-state index contributed by atoms with van der Waals surface area (Å²) >= 11 is 0. The van der Waals surface area contributed by atoms with Crippen molar-refractivity contribution in [3.8, 4) is 0 Å². The monoisotopic (exact) mass is 249 g/mol. The van der Waals surface area contributed by atoms with Gasteiger partial charge in [0, 0.05) is 25.0 Å². The van der Waals surface area contributed by atoms with Crippen molar-refractivity contribution in [3.05, 3.63) is 12.4 Å². The number of imidazole rings is 1. The molecule has 1 aliphatic carbocycles. The molecule has 0 atom stereocenters. The van der Waals surface area contributed by atoms with Crippen LogP contribution in [0.1, 0.15) is 64.8 Å². The first kappa shape index (κ1) is 13.4. The molecule has 3 nitrogen and oxygen atoms in total. The topological polar surface area (TPSA) is 29.9 Å². The first-order valence-corrected chi connectivity index (χ1v) is 7.61. The van der Waals surface area contributed by atoms with Crippen LogP contribution in [-0.4, -0.2) is 16.1 Å². The van der Waals surface area contributed by atoms with E-state index >= 15 is 0 Å². The number of nitrogens with zero attached hydrogens (tertiary/aromatic N) is 2. The van der Waals surface area contributed by atoms with Crippen LogP contribution in [0.15, 0.2) is 12.4 Å². The van der Waals surface area contributed by atoms with E-state index in [9.17, 15) is 0 Å². The van der Waals surface area contributed by atoms with Gasteiger partial charge in [0.05, 0.1) is 0 Å². The fourth-order valence-corrected chi connectivity index (χ4v) is 2.92. The highest BCUT2D eigenvalue weighted by atomic mass is 15.2. The van der Waals surface area contributed by atoms with E-state index in [1.54, 1.807) is 0 Å². The summed E-state index contributed by atoms with van der Waals surface area (Å²) in [4.78, 5) is 4.48. The van der Waals surface area contributed by atoms with Crippen molar-refractivity contribution in [2.24, 2.45) is 5.92 Å². The Kier molecular flexibility index (Phi) is 5.09. The summed E-state index contributed by atoms with van der Waals surface area (Å²) in [7, 11) is 0. The van der Waals surface area contributed by atoms with E-state index in [2.05, 4.69) is 34.9 Å². The maximum Gasteiger partial charge on any atom is 0.203 e. The summed E-state index contributed by atoms with van der Waals surface area (Å²) in [5, 5.41) is 3.54. The molecule has 102 valence electrons. The van der Waals surface area contributed by atoms with Crippen molar-refractivity contribution in [1.82, 2.24) is 9.55 Å². The second-order valence-electron chi connectivity index (χ2n) is 5.51. The average Bonchev–Trinajstić information content (AvgIpc) is 2.89. The molecule has 1 aliphatic rings. The van der Waals surface area contributed by atoms with Crippen LogP contribution in [0.3, 0.4) is 0 Å². The van der Waals surface area contributed by atoms with Crippen molar-refractivity contribution in [2.75, 3.05) is 11.9 Å². The summed E-state index contributed by atoms with van der Waals surface area (Å²) in [6.45, 7) is 5.59. The zero-order valence-electron chi connectivity index (χ0n) is 11.9. The molecule has 0 unspecified atom stereocenters. The minimum Gasteiger partial charge on any atom is -0.355 e. The lowest BCUT2D eigenvalue weighted by Crippen LogP contribution is -2.19. The lowest BCUT2D eigenvalue weighted by molar-refractivity contribution is 0.355. The predicted molar refractivity (Wildman–Crippen MR) is 76.9 cm³/mol. The Labute approximate surface area is 111 Å². The molecule has 3 heteroatoms. The number of aromatic nitrogens is 2. The Bertz CT molecular complexity index is 335. The molecule has 0 radical (unpaired) electrons. The second kappa shape index (κ2) is 6.81. The highest BCUT2D eigenvalue weighted by molar-refractivity contribution is 5.26. The van der Waals surface area contributed by atoms with Crippen molar-refractivity contribution < 1.29 is 0 Å². The van der Waals surface area contributed by atoms with E-state index in [1.165, 1.54) is 44.9 Å². The van der Waals surface area contributed by atoms with Crippen molar-refractivity contribution in [3.63, 3.8) is 0 Å². The number of nitrogens with one attached hydrogen (secondary N) is 1. The molecule has 18 heavy (non-hydrogen) atoms. The SMILES string of the molecule is CCC(CC)CNc1nccn1C1CCCCC1. The fraction of sp³-hybridized carbons (Fsp3) is 0.800. The van der Waals surface area contributed by atoms with Gasteiger partial charge in [-0.15, -0.1) is 0 Å². The maximum atomic E-state index is 4.48. The molecule has 1 aromatic heterocycles. The largest absolute Gasteiger partial charge is 0.355 e. The van der Waals surface area contributed by atoms with Gasteiger partial charge in [0.15, 0.2) is 0 Å². The molecule has 1 aromatic rings. The standard InChI is InChI=1S/C15H27N3/c1-3-13(4-2)12-17-15-16-10-11-18(15)14-8-6-5-7-9-14/h10-11,13-14H,3-9,12H2,1-2H3,(H,16,17). The normalized spacial score (nSPS) is 17.3. The van der Waals surface area contributed by atoms with Gasteiger partial charge in [0.2, 0.25) is 5.95 Å². The van der Waals surface area contributed by atoms with Gasteiger partial charge >= 0.3 is 0 Å². The zero-order chi connectivity index (χ0) is 12.8. The van der Waals surface area contributed by atoms with Gasteiger partial charge in [-0.3, -0.25) is 0 Å². The Balaban J connectivity index is 1.94. The highest BCUT2D eigenvalue weighted by Crippen LogP contribution is 2.30. The quantitative estimate of drug-likeness (QED) is 0.817. The Hall–Kier alpha value is -0.990. The van der Waals surface area contributed by atoms with Crippen LogP contribution < -0.4 is 5.32 Å². The molecule has 1 N–H and O–H groups in total. The van der Waals surface area contributed by atoms with Gasteiger partial charge in [-0.25, -0.2) is 4.98 Å². The molecule has 0 aromatic carbocycles. The van der Waals surface area contributed by atoms with E-state index in [0.717, 1.165) is 18.4 Å². The molecule has 1 fully saturated rings. The van der Waals surface area contributed by atoms with Gasteiger partial charge in [-0.2, -0.15) is 0 Å². The van der Waals surface area contributed by atoms with Crippen molar-refractivity contribution in [2.45, 2.75) is 64.8 Å². The molecular formula is C15H27N3. The van der Waals surface area contributed by atoms with E-state index in [-0.39, 0.29) is 0 Å². The Morgan fingerprint density at radius 2 is 2.00 bits per heavy atom. The zero-order valence-corrected chi connectivity index (χ0v) is 11.9. The predicted octanol–water partition coefficient (Wildman–Crippen LogP) is 4.24. The van der Waals surface area contributed by atoms with E-state index in [0.29, 0.717) is 6.04 Å². The van der Waals surface area contributed by atoms with Crippen LogP contribution in [0.5, 0.6) is 0 Å². The van der Waals surface area contributed by atoms with Crippen LogP contribution in [0, 0.1) is 5.92 Å². The van der Waals surface area contributed by atoms with Crippen molar-refractivity contribution >= 4 is 5.95 Å². The first-order valence-electron chi connectivity index (χ1n) is 7.61. The molecule has 0 saturated heterocycles. The average molecular weight is 249 g/mol. The molecule has 0 amide bonds.